The first kappa shape index (κ1) is 15.1. The van der Waals surface area contributed by atoms with Crippen LogP contribution in [0, 0.1) is 0 Å². The van der Waals surface area contributed by atoms with Gasteiger partial charge >= 0.3 is 0 Å². The topological polar surface area (TPSA) is 41.6 Å². The summed E-state index contributed by atoms with van der Waals surface area (Å²) in [6.07, 6.45) is 3.61. The normalized spacial score (nSPS) is 32.9. The van der Waals surface area contributed by atoms with Gasteiger partial charge < -0.3 is 15.0 Å². The molecule has 1 unspecified atom stereocenters. The number of carbonyl (C=O) groups excluding carboxylic acids is 1. The second-order valence-electron chi connectivity index (χ2n) is 5.37. The molecule has 110 valence electrons. The Balaban J connectivity index is 1.95. The lowest BCUT2D eigenvalue weighted by atomic mass is 10.1. The molecule has 2 aliphatic rings. The van der Waals surface area contributed by atoms with Gasteiger partial charge in [0.1, 0.15) is 6.04 Å². The van der Waals surface area contributed by atoms with Crippen molar-refractivity contribution < 1.29 is 9.53 Å². The molecule has 2 heterocycles. The minimum Gasteiger partial charge on any atom is -0.375 e. The third-order valence-corrected chi connectivity index (χ3v) is 5.11. The Morgan fingerprint density at radius 2 is 2.32 bits per heavy atom. The van der Waals surface area contributed by atoms with E-state index in [2.05, 4.69) is 17.1 Å². The van der Waals surface area contributed by atoms with Crippen molar-refractivity contribution >= 4 is 17.7 Å². The molecule has 2 saturated heterocycles. The lowest BCUT2D eigenvalue weighted by molar-refractivity contribution is -0.139. The van der Waals surface area contributed by atoms with Crippen LogP contribution >= 0.6 is 11.8 Å². The number of nitrogens with zero attached hydrogens (tertiary/aromatic N) is 1. The number of hydrogen-bond donors (Lipinski definition) is 1. The van der Waals surface area contributed by atoms with Crippen molar-refractivity contribution in [1.82, 2.24) is 10.2 Å². The van der Waals surface area contributed by atoms with Crippen molar-refractivity contribution in [3.05, 3.63) is 0 Å². The Kier molecular flexibility index (Phi) is 5.98. The molecule has 0 aliphatic carbocycles. The molecule has 2 fully saturated rings. The Morgan fingerprint density at radius 1 is 1.47 bits per heavy atom. The highest BCUT2D eigenvalue weighted by molar-refractivity contribution is 7.99. The van der Waals surface area contributed by atoms with Crippen LogP contribution in [0.2, 0.25) is 0 Å². The monoisotopic (exact) mass is 286 g/mol. The first-order chi connectivity index (χ1) is 9.22. The van der Waals surface area contributed by atoms with Gasteiger partial charge in [0.05, 0.1) is 12.7 Å². The highest BCUT2D eigenvalue weighted by atomic mass is 32.2. The van der Waals surface area contributed by atoms with E-state index in [4.69, 9.17) is 4.74 Å². The van der Waals surface area contributed by atoms with Crippen molar-refractivity contribution in [2.24, 2.45) is 0 Å². The number of morpholine rings is 1. The number of likely N-dealkylation sites (tertiary alicyclic amines) is 1. The van der Waals surface area contributed by atoms with E-state index in [9.17, 15) is 4.79 Å². The predicted molar refractivity (Wildman–Crippen MR) is 79.6 cm³/mol. The summed E-state index contributed by atoms with van der Waals surface area (Å²) in [5.74, 6) is 1.37. The van der Waals surface area contributed by atoms with Gasteiger partial charge in [-0.25, -0.2) is 0 Å². The van der Waals surface area contributed by atoms with E-state index in [0.717, 1.165) is 31.8 Å². The zero-order chi connectivity index (χ0) is 13.7. The summed E-state index contributed by atoms with van der Waals surface area (Å²) in [4.78, 5) is 14.7. The maximum atomic E-state index is 12.6. The fourth-order valence-electron chi connectivity index (χ4n) is 2.88. The summed E-state index contributed by atoms with van der Waals surface area (Å²) in [6.45, 7) is 7.48. The molecule has 0 spiro atoms. The minimum atomic E-state index is -0.154. The van der Waals surface area contributed by atoms with Gasteiger partial charge in [-0.3, -0.25) is 4.79 Å². The van der Waals surface area contributed by atoms with Crippen molar-refractivity contribution in [1.29, 1.82) is 0 Å². The summed E-state index contributed by atoms with van der Waals surface area (Å²) in [7, 11) is 0. The Morgan fingerprint density at radius 3 is 3.05 bits per heavy atom. The summed E-state index contributed by atoms with van der Waals surface area (Å²) < 4.78 is 5.59. The number of amides is 1. The van der Waals surface area contributed by atoms with E-state index >= 15 is 0 Å². The van der Waals surface area contributed by atoms with E-state index in [1.54, 1.807) is 0 Å². The third-order valence-electron chi connectivity index (χ3n) is 3.92. The van der Waals surface area contributed by atoms with Gasteiger partial charge in [-0.1, -0.05) is 13.3 Å². The van der Waals surface area contributed by atoms with Crippen LogP contribution in [0.5, 0.6) is 0 Å². The van der Waals surface area contributed by atoms with Crippen LogP contribution in [0.3, 0.4) is 0 Å². The molecular formula is C14H26N2O2S. The maximum absolute atomic E-state index is 12.6. The lowest BCUT2D eigenvalue weighted by Gasteiger charge is -2.34. The molecule has 0 saturated carbocycles. The molecule has 1 amide bonds. The Bertz CT molecular complexity index is 301. The van der Waals surface area contributed by atoms with Crippen LogP contribution in [0.1, 0.15) is 33.1 Å². The zero-order valence-corrected chi connectivity index (χ0v) is 12.9. The summed E-state index contributed by atoms with van der Waals surface area (Å²) in [5.41, 5.74) is 0. The van der Waals surface area contributed by atoms with Crippen LogP contribution in [0.15, 0.2) is 0 Å². The van der Waals surface area contributed by atoms with E-state index in [-0.39, 0.29) is 18.1 Å². The molecule has 19 heavy (non-hydrogen) atoms. The van der Waals surface area contributed by atoms with Crippen molar-refractivity contribution in [2.45, 2.75) is 50.5 Å². The quantitative estimate of drug-likeness (QED) is 0.854. The molecule has 1 N–H and O–H groups in total. The first-order valence-corrected chi connectivity index (χ1v) is 8.52. The van der Waals surface area contributed by atoms with Crippen molar-refractivity contribution in [3.8, 4) is 0 Å². The molecule has 0 radical (unpaired) electrons. The van der Waals surface area contributed by atoms with E-state index in [0.29, 0.717) is 11.9 Å². The Hall–Kier alpha value is -0.260. The van der Waals surface area contributed by atoms with Gasteiger partial charge in [0.25, 0.3) is 0 Å². The average molecular weight is 286 g/mol. The third kappa shape index (κ3) is 4.10. The summed E-state index contributed by atoms with van der Waals surface area (Å²) >= 11 is 1.99. The van der Waals surface area contributed by atoms with Gasteiger partial charge in [-0.05, 0) is 25.5 Å². The number of rotatable bonds is 3. The molecule has 2 rings (SSSR count). The number of ether oxygens (including phenoxy) is 1. The molecule has 0 aromatic rings. The molecule has 5 heteroatoms. The molecule has 0 bridgehead atoms. The fraction of sp³-hybridized carbons (Fsp3) is 0.929. The standard InChI is InChI=1S/C14H26N2O2S/c1-3-19-12-6-4-5-8-16(10-12)14(17)13-11(2)18-9-7-15-13/h11-13,15H,3-10H2,1-2H3/t11-,12?,13+/m1/s1. The van der Waals surface area contributed by atoms with Gasteiger partial charge in [-0.15, -0.1) is 0 Å². The van der Waals surface area contributed by atoms with Crippen LogP contribution in [0.25, 0.3) is 0 Å². The number of hydrogen-bond acceptors (Lipinski definition) is 4. The largest absolute Gasteiger partial charge is 0.375 e. The highest BCUT2D eigenvalue weighted by Gasteiger charge is 2.33. The summed E-state index contributed by atoms with van der Waals surface area (Å²) in [6, 6.07) is -0.154. The summed E-state index contributed by atoms with van der Waals surface area (Å²) in [5, 5.41) is 3.92. The van der Waals surface area contributed by atoms with E-state index < -0.39 is 0 Å². The number of thioether (sulfide) groups is 1. The van der Waals surface area contributed by atoms with Gasteiger partial charge in [-0.2, -0.15) is 11.8 Å². The van der Waals surface area contributed by atoms with Crippen molar-refractivity contribution in [2.75, 3.05) is 32.0 Å². The molecule has 0 aromatic carbocycles. The van der Waals surface area contributed by atoms with Crippen LogP contribution in [0.4, 0.5) is 0 Å². The molecule has 2 aliphatic heterocycles. The van der Waals surface area contributed by atoms with Gasteiger partial charge in [0, 0.05) is 24.9 Å². The SMILES string of the molecule is CCSC1CCCCN(C(=O)[C@H]2NCCO[C@@H]2C)C1. The van der Waals surface area contributed by atoms with Crippen LogP contribution in [-0.4, -0.2) is 60.2 Å². The minimum absolute atomic E-state index is 0.0122. The molecular weight excluding hydrogens is 260 g/mol. The first-order valence-electron chi connectivity index (χ1n) is 7.47. The van der Waals surface area contributed by atoms with Crippen molar-refractivity contribution in [3.63, 3.8) is 0 Å². The van der Waals surface area contributed by atoms with Gasteiger partial charge in [0.15, 0.2) is 0 Å². The second-order valence-corrected chi connectivity index (χ2v) is 6.94. The molecule has 4 nitrogen and oxygen atoms in total. The van der Waals surface area contributed by atoms with Crippen LogP contribution in [-0.2, 0) is 9.53 Å². The number of nitrogens with one attached hydrogen (secondary N) is 1. The molecule has 0 aromatic heterocycles. The van der Waals surface area contributed by atoms with Gasteiger partial charge in [0.2, 0.25) is 5.91 Å². The second kappa shape index (κ2) is 7.50. The lowest BCUT2D eigenvalue weighted by Crippen LogP contribution is -2.57. The van der Waals surface area contributed by atoms with E-state index in [1.807, 2.05) is 18.7 Å². The zero-order valence-electron chi connectivity index (χ0n) is 12.1. The maximum Gasteiger partial charge on any atom is 0.242 e. The fourth-order valence-corrected chi connectivity index (χ4v) is 3.97. The predicted octanol–water partition coefficient (Wildman–Crippen LogP) is 1.50. The van der Waals surface area contributed by atoms with E-state index in [1.165, 1.54) is 12.8 Å². The molecule has 3 atom stereocenters. The number of carbonyl (C=O) groups is 1. The average Bonchev–Trinajstić information content (AvgIpc) is 2.65. The smallest absolute Gasteiger partial charge is 0.242 e. The Labute approximate surface area is 120 Å². The highest BCUT2D eigenvalue weighted by Crippen LogP contribution is 2.23. The van der Waals surface area contributed by atoms with Crippen LogP contribution < -0.4 is 5.32 Å².